The molecule has 2 aromatic rings. The average molecular weight is 323 g/mol. The van der Waals surface area contributed by atoms with Crippen LogP contribution >= 0.6 is 0 Å². The molecule has 0 aromatic heterocycles. The Hall–Kier alpha value is -2.09. The van der Waals surface area contributed by atoms with Gasteiger partial charge in [0.1, 0.15) is 30.8 Å². The van der Waals surface area contributed by atoms with Gasteiger partial charge in [-0.1, -0.05) is 36.4 Å². The molecule has 2 rings (SSSR count). The predicted molar refractivity (Wildman–Crippen MR) is 81.9 cm³/mol. The molecule has 0 bridgehead atoms. The van der Waals surface area contributed by atoms with E-state index in [0.29, 0.717) is 11.5 Å². The molecule has 0 fully saturated rings. The molecule has 0 heterocycles. The van der Waals surface area contributed by atoms with Gasteiger partial charge < -0.3 is 9.47 Å². The van der Waals surface area contributed by atoms with Crippen molar-refractivity contribution in [3.05, 3.63) is 60.7 Å². The van der Waals surface area contributed by atoms with E-state index in [1.165, 1.54) is 0 Å². The first-order valence-electron chi connectivity index (χ1n) is 6.59. The van der Waals surface area contributed by atoms with Crippen molar-refractivity contribution in [3.8, 4) is 11.5 Å². The van der Waals surface area contributed by atoms with Crippen molar-refractivity contribution < 1.29 is 22.1 Å². The Labute approximate surface area is 129 Å². The summed E-state index contributed by atoms with van der Waals surface area (Å²) < 4.78 is 38.0. The Kier molecular flexibility index (Phi) is 5.76. The number of hydrogen-bond acceptors (Lipinski definition) is 5. The molecule has 0 aliphatic rings. The second kappa shape index (κ2) is 7.79. The summed E-state index contributed by atoms with van der Waals surface area (Å²) in [6, 6.07) is 18.0. The van der Waals surface area contributed by atoms with E-state index in [0.717, 1.165) is 0 Å². The summed E-state index contributed by atoms with van der Waals surface area (Å²) in [5, 5.41) is 4.91. The van der Waals surface area contributed by atoms with E-state index in [-0.39, 0.29) is 13.2 Å². The zero-order valence-corrected chi connectivity index (χ0v) is 12.6. The van der Waals surface area contributed by atoms with Crippen molar-refractivity contribution in [1.29, 1.82) is 0 Å². The van der Waals surface area contributed by atoms with Gasteiger partial charge in [-0.3, -0.25) is 0 Å². The third-order valence-electron chi connectivity index (χ3n) is 2.63. The minimum absolute atomic E-state index is 0.00667. The van der Waals surface area contributed by atoms with E-state index < -0.39 is 16.4 Å². The molecule has 0 aliphatic heterocycles. The molecular formula is C15H17NO5S. The molecule has 0 atom stereocenters. The maximum absolute atomic E-state index is 11.1. The third kappa shape index (κ3) is 6.13. The summed E-state index contributed by atoms with van der Waals surface area (Å²) in [7, 11) is -4.09. The summed E-state index contributed by atoms with van der Waals surface area (Å²) in [6.07, 6.45) is -0.851. The number of nitrogens with two attached hydrogens (primary N) is 1. The van der Waals surface area contributed by atoms with E-state index in [2.05, 4.69) is 0 Å². The smallest absolute Gasteiger partial charge is 0.333 e. The summed E-state index contributed by atoms with van der Waals surface area (Å²) in [4.78, 5) is 0. The summed E-state index contributed by atoms with van der Waals surface area (Å²) in [6.45, 7) is -0.0133. The molecule has 0 amide bonds. The van der Waals surface area contributed by atoms with Crippen LogP contribution < -0.4 is 14.6 Å². The number of hydrogen-bond donors (Lipinski definition) is 1. The molecular weight excluding hydrogens is 306 g/mol. The number of rotatable bonds is 8. The standard InChI is InChI=1S/C15H17NO5S/c16-22(17,18)21-15(11-19-13-7-3-1-4-8-13)12-20-14-9-5-2-6-10-14/h1-10,15H,11-12H2,(H2,16,17,18). The zero-order valence-electron chi connectivity index (χ0n) is 11.8. The predicted octanol–water partition coefficient (Wildman–Crippen LogP) is 1.73. The van der Waals surface area contributed by atoms with Crippen LogP contribution in [0, 0.1) is 0 Å². The molecule has 2 N–H and O–H groups in total. The fraction of sp³-hybridized carbons (Fsp3) is 0.200. The number of benzene rings is 2. The molecule has 7 heteroatoms. The largest absolute Gasteiger partial charge is 0.491 e. The highest BCUT2D eigenvalue weighted by molar-refractivity contribution is 7.84. The van der Waals surface area contributed by atoms with Crippen molar-refractivity contribution in [2.45, 2.75) is 6.10 Å². The molecule has 0 saturated heterocycles. The van der Waals surface area contributed by atoms with Gasteiger partial charge in [0, 0.05) is 0 Å². The monoisotopic (exact) mass is 323 g/mol. The summed E-state index contributed by atoms with van der Waals surface area (Å²) >= 11 is 0. The quantitative estimate of drug-likeness (QED) is 0.799. The molecule has 22 heavy (non-hydrogen) atoms. The minimum Gasteiger partial charge on any atom is -0.491 e. The van der Waals surface area contributed by atoms with Crippen LogP contribution in [0.5, 0.6) is 11.5 Å². The molecule has 0 aliphatic carbocycles. The zero-order chi connectivity index (χ0) is 15.8. The summed E-state index contributed by atoms with van der Waals surface area (Å²) in [5.41, 5.74) is 0. The normalized spacial score (nSPS) is 11.4. The maximum atomic E-state index is 11.1. The first kappa shape index (κ1) is 16.3. The van der Waals surface area contributed by atoms with Crippen LogP contribution in [0.4, 0.5) is 0 Å². The van der Waals surface area contributed by atoms with Gasteiger partial charge in [-0.25, -0.2) is 9.32 Å². The SMILES string of the molecule is NS(=O)(=O)OC(COc1ccccc1)COc1ccccc1. The van der Waals surface area contributed by atoms with Crippen LogP contribution in [-0.2, 0) is 14.5 Å². The lowest BCUT2D eigenvalue weighted by molar-refractivity contribution is 0.0861. The van der Waals surface area contributed by atoms with Crippen LogP contribution in [0.25, 0.3) is 0 Å². The van der Waals surface area contributed by atoms with Gasteiger partial charge in [-0.05, 0) is 24.3 Å². The molecule has 6 nitrogen and oxygen atoms in total. The van der Waals surface area contributed by atoms with Gasteiger partial charge >= 0.3 is 10.3 Å². The van der Waals surface area contributed by atoms with Crippen molar-refractivity contribution in [1.82, 2.24) is 0 Å². The summed E-state index contributed by atoms with van der Waals surface area (Å²) in [5.74, 6) is 1.20. The van der Waals surface area contributed by atoms with Crippen LogP contribution in [0.2, 0.25) is 0 Å². The van der Waals surface area contributed by atoms with E-state index in [1.807, 2.05) is 36.4 Å². The maximum Gasteiger partial charge on any atom is 0.333 e. The Bertz CT molecular complexity index is 617. The van der Waals surface area contributed by atoms with E-state index in [1.54, 1.807) is 24.3 Å². The van der Waals surface area contributed by atoms with Gasteiger partial charge in [0.25, 0.3) is 0 Å². The Morgan fingerprint density at radius 1 is 0.818 bits per heavy atom. The van der Waals surface area contributed by atoms with Gasteiger partial charge in [0.05, 0.1) is 0 Å². The Morgan fingerprint density at radius 3 is 1.59 bits per heavy atom. The lowest BCUT2D eigenvalue weighted by Crippen LogP contribution is -2.33. The van der Waals surface area contributed by atoms with Crippen LogP contribution in [0.1, 0.15) is 0 Å². The highest BCUT2D eigenvalue weighted by Crippen LogP contribution is 2.12. The van der Waals surface area contributed by atoms with Crippen molar-refractivity contribution in [3.63, 3.8) is 0 Å². The number of ether oxygens (including phenoxy) is 2. The van der Waals surface area contributed by atoms with Gasteiger partial charge in [0.15, 0.2) is 0 Å². The van der Waals surface area contributed by atoms with Crippen molar-refractivity contribution in [2.24, 2.45) is 5.14 Å². The second-order valence-electron chi connectivity index (χ2n) is 4.46. The van der Waals surface area contributed by atoms with Crippen molar-refractivity contribution in [2.75, 3.05) is 13.2 Å². The van der Waals surface area contributed by atoms with E-state index >= 15 is 0 Å². The fourth-order valence-electron chi connectivity index (χ4n) is 1.71. The third-order valence-corrected chi connectivity index (χ3v) is 3.17. The Balaban J connectivity index is 1.93. The molecule has 0 radical (unpaired) electrons. The van der Waals surface area contributed by atoms with Crippen LogP contribution in [-0.4, -0.2) is 27.7 Å². The fourth-order valence-corrected chi connectivity index (χ4v) is 2.20. The highest BCUT2D eigenvalue weighted by Gasteiger charge is 2.18. The minimum atomic E-state index is -4.09. The molecule has 0 saturated carbocycles. The van der Waals surface area contributed by atoms with Gasteiger partial charge in [-0.2, -0.15) is 8.42 Å². The molecule has 2 aromatic carbocycles. The van der Waals surface area contributed by atoms with E-state index in [9.17, 15) is 8.42 Å². The first-order valence-corrected chi connectivity index (χ1v) is 8.07. The lowest BCUT2D eigenvalue weighted by Gasteiger charge is -2.17. The lowest BCUT2D eigenvalue weighted by atomic mass is 10.3. The van der Waals surface area contributed by atoms with Gasteiger partial charge in [0.2, 0.25) is 0 Å². The topological polar surface area (TPSA) is 87.9 Å². The molecule has 0 spiro atoms. The second-order valence-corrected chi connectivity index (χ2v) is 5.64. The van der Waals surface area contributed by atoms with Crippen LogP contribution in [0.3, 0.4) is 0 Å². The number of para-hydroxylation sites is 2. The van der Waals surface area contributed by atoms with Crippen molar-refractivity contribution >= 4 is 10.3 Å². The molecule has 118 valence electrons. The van der Waals surface area contributed by atoms with Gasteiger partial charge in [-0.15, -0.1) is 0 Å². The Morgan fingerprint density at radius 2 is 1.23 bits per heavy atom. The average Bonchev–Trinajstić information content (AvgIpc) is 2.51. The van der Waals surface area contributed by atoms with Crippen LogP contribution in [0.15, 0.2) is 60.7 Å². The molecule has 0 unspecified atom stereocenters. The van der Waals surface area contributed by atoms with E-state index in [4.69, 9.17) is 18.8 Å². The highest BCUT2D eigenvalue weighted by atomic mass is 32.2. The first-order chi connectivity index (χ1) is 10.5.